The van der Waals surface area contributed by atoms with Crippen molar-refractivity contribution in [1.29, 1.82) is 0 Å². The Kier molecular flexibility index (Phi) is 6.91. The lowest BCUT2D eigenvalue weighted by atomic mass is 10.3. The second-order valence-corrected chi connectivity index (χ2v) is 5.21. The highest BCUT2D eigenvalue weighted by molar-refractivity contribution is 7.89. The Morgan fingerprint density at radius 1 is 1.31 bits per heavy atom. The van der Waals surface area contributed by atoms with Crippen LogP contribution in [0.4, 0.5) is 0 Å². The van der Waals surface area contributed by atoms with Crippen molar-refractivity contribution in [3.63, 3.8) is 0 Å². The molecule has 0 bridgehead atoms. The number of sulfonamides is 1. The number of rotatable bonds is 8. The van der Waals surface area contributed by atoms with Gasteiger partial charge in [-0.3, -0.25) is 9.59 Å². The number of ketones is 1. The maximum Gasteiger partial charge on any atom is 0.313 e. The number of ether oxygens (including phenoxy) is 1. The summed E-state index contributed by atoms with van der Waals surface area (Å²) in [6, 6.07) is 0. The van der Waals surface area contributed by atoms with Crippen molar-refractivity contribution in [1.82, 2.24) is 4.72 Å². The highest BCUT2D eigenvalue weighted by atomic mass is 32.2. The summed E-state index contributed by atoms with van der Waals surface area (Å²) in [5.41, 5.74) is 0. The summed E-state index contributed by atoms with van der Waals surface area (Å²) in [6.45, 7) is 1.51. The van der Waals surface area contributed by atoms with E-state index in [0.29, 0.717) is 6.42 Å². The summed E-state index contributed by atoms with van der Waals surface area (Å²) >= 11 is 0. The first-order valence-corrected chi connectivity index (χ1v) is 6.62. The quantitative estimate of drug-likeness (QED) is 0.478. The van der Waals surface area contributed by atoms with Crippen LogP contribution in [-0.4, -0.2) is 39.6 Å². The molecule has 0 aromatic rings. The first-order valence-electron chi connectivity index (χ1n) is 4.97. The summed E-state index contributed by atoms with van der Waals surface area (Å²) in [5.74, 6) is -1.18. The lowest BCUT2D eigenvalue weighted by molar-refractivity contribution is -0.143. The van der Waals surface area contributed by atoms with Gasteiger partial charge in [0.1, 0.15) is 6.42 Å². The summed E-state index contributed by atoms with van der Waals surface area (Å²) in [7, 11) is -2.24. The maximum atomic E-state index is 11.3. The zero-order chi connectivity index (χ0) is 12.6. The number of hydrogen-bond acceptors (Lipinski definition) is 5. The molecule has 0 fully saturated rings. The molecule has 0 amide bonds. The van der Waals surface area contributed by atoms with Crippen molar-refractivity contribution in [2.75, 3.05) is 19.4 Å². The minimum Gasteiger partial charge on any atom is -0.469 e. The van der Waals surface area contributed by atoms with Crippen LogP contribution in [0, 0.1) is 0 Å². The SMILES string of the molecule is CCCCS(=O)(=O)NCC(=O)CC(=O)OC. The van der Waals surface area contributed by atoms with Gasteiger partial charge in [0.2, 0.25) is 10.0 Å². The van der Waals surface area contributed by atoms with Gasteiger partial charge >= 0.3 is 5.97 Å². The largest absolute Gasteiger partial charge is 0.469 e. The van der Waals surface area contributed by atoms with Gasteiger partial charge in [0.25, 0.3) is 0 Å². The van der Waals surface area contributed by atoms with Crippen LogP contribution < -0.4 is 4.72 Å². The van der Waals surface area contributed by atoms with E-state index in [2.05, 4.69) is 9.46 Å². The molecule has 0 aliphatic heterocycles. The van der Waals surface area contributed by atoms with Crippen LogP contribution in [-0.2, 0) is 24.3 Å². The molecule has 94 valence electrons. The Morgan fingerprint density at radius 3 is 2.44 bits per heavy atom. The smallest absolute Gasteiger partial charge is 0.313 e. The third kappa shape index (κ3) is 7.36. The van der Waals surface area contributed by atoms with E-state index in [1.807, 2.05) is 6.92 Å². The third-order valence-corrected chi connectivity index (χ3v) is 3.24. The summed E-state index contributed by atoms with van der Waals surface area (Å²) < 4.78 is 29.0. The molecule has 16 heavy (non-hydrogen) atoms. The van der Waals surface area contributed by atoms with Gasteiger partial charge in [0.05, 0.1) is 19.4 Å². The Bertz CT molecular complexity index is 336. The standard InChI is InChI=1S/C9H17NO5S/c1-3-4-5-16(13,14)10-7-8(11)6-9(12)15-2/h10H,3-7H2,1-2H3. The van der Waals surface area contributed by atoms with Crippen LogP contribution in [0.5, 0.6) is 0 Å². The highest BCUT2D eigenvalue weighted by Gasteiger charge is 2.14. The zero-order valence-electron chi connectivity index (χ0n) is 9.49. The van der Waals surface area contributed by atoms with E-state index in [4.69, 9.17) is 0 Å². The van der Waals surface area contributed by atoms with Crippen molar-refractivity contribution in [3.8, 4) is 0 Å². The average molecular weight is 251 g/mol. The van der Waals surface area contributed by atoms with Crippen molar-refractivity contribution in [2.45, 2.75) is 26.2 Å². The highest BCUT2D eigenvalue weighted by Crippen LogP contribution is 1.94. The molecular weight excluding hydrogens is 234 g/mol. The number of methoxy groups -OCH3 is 1. The molecule has 0 aliphatic carbocycles. The second-order valence-electron chi connectivity index (χ2n) is 3.29. The molecule has 0 saturated heterocycles. The van der Waals surface area contributed by atoms with Crippen molar-refractivity contribution >= 4 is 21.8 Å². The van der Waals surface area contributed by atoms with E-state index in [1.165, 1.54) is 7.11 Å². The minimum atomic E-state index is -3.40. The molecule has 0 saturated carbocycles. The van der Waals surface area contributed by atoms with Gasteiger partial charge in [0, 0.05) is 0 Å². The van der Waals surface area contributed by atoms with Gasteiger partial charge in [-0.05, 0) is 6.42 Å². The van der Waals surface area contributed by atoms with Gasteiger partial charge in [-0.15, -0.1) is 0 Å². The average Bonchev–Trinajstić information content (AvgIpc) is 2.24. The van der Waals surface area contributed by atoms with Crippen molar-refractivity contribution < 1.29 is 22.7 Å². The number of carbonyl (C=O) groups is 2. The molecule has 0 aromatic heterocycles. The number of nitrogens with one attached hydrogen (secondary N) is 1. The van der Waals surface area contributed by atoms with E-state index < -0.39 is 28.2 Å². The predicted octanol–water partition coefficient (Wildman–Crippen LogP) is -0.162. The Morgan fingerprint density at radius 2 is 1.94 bits per heavy atom. The van der Waals surface area contributed by atoms with Crippen molar-refractivity contribution in [3.05, 3.63) is 0 Å². The number of hydrogen-bond donors (Lipinski definition) is 1. The van der Waals surface area contributed by atoms with Crippen molar-refractivity contribution in [2.24, 2.45) is 0 Å². The fourth-order valence-electron chi connectivity index (χ4n) is 0.893. The first-order chi connectivity index (χ1) is 7.41. The lowest BCUT2D eigenvalue weighted by Gasteiger charge is -2.04. The number of esters is 1. The summed E-state index contributed by atoms with van der Waals surface area (Å²) in [4.78, 5) is 21.8. The first kappa shape index (κ1) is 15.0. The topological polar surface area (TPSA) is 89.5 Å². The molecule has 1 N–H and O–H groups in total. The van der Waals surface area contributed by atoms with Gasteiger partial charge in [-0.1, -0.05) is 13.3 Å². The zero-order valence-corrected chi connectivity index (χ0v) is 10.3. The number of unbranched alkanes of at least 4 members (excludes halogenated alkanes) is 1. The lowest BCUT2D eigenvalue weighted by Crippen LogP contribution is -2.32. The molecular formula is C9H17NO5S. The van der Waals surface area contributed by atoms with E-state index in [1.54, 1.807) is 0 Å². The van der Waals surface area contributed by atoms with Crippen LogP contribution >= 0.6 is 0 Å². The molecule has 0 atom stereocenters. The Hall–Kier alpha value is -0.950. The van der Waals surface area contributed by atoms with E-state index in [-0.39, 0.29) is 12.3 Å². The molecule has 0 radical (unpaired) electrons. The number of carbonyl (C=O) groups excluding carboxylic acids is 2. The van der Waals surface area contributed by atoms with Crippen LogP contribution in [0.25, 0.3) is 0 Å². The van der Waals surface area contributed by atoms with E-state index >= 15 is 0 Å². The molecule has 0 spiro atoms. The normalized spacial score (nSPS) is 11.1. The van der Waals surface area contributed by atoms with Crippen LogP contribution in [0.2, 0.25) is 0 Å². The number of Topliss-reactive ketones (excluding diaryl/α,β-unsaturated/α-hetero) is 1. The van der Waals surface area contributed by atoms with E-state index in [9.17, 15) is 18.0 Å². The minimum absolute atomic E-state index is 0.00496. The fraction of sp³-hybridized carbons (Fsp3) is 0.778. The molecule has 7 heteroatoms. The third-order valence-electron chi connectivity index (χ3n) is 1.83. The summed E-state index contributed by atoms with van der Waals surface area (Å²) in [6.07, 6.45) is 0.893. The Balaban J connectivity index is 3.95. The predicted molar refractivity (Wildman–Crippen MR) is 58.3 cm³/mol. The van der Waals surface area contributed by atoms with Gasteiger partial charge < -0.3 is 4.74 Å². The second kappa shape index (κ2) is 7.34. The molecule has 0 aromatic carbocycles. The van der Waals surface area contributed by atoms with Gasteiger partial charge in [0.15, 0.2) is 5.78 Å². The fourth-order valence-corrected chi connectivity index (χ4v) is 2.09. The van der Waals surface area contributed by atoms with E-state index in [0.717, 1.165) is 6.42 Å². The van der Waals surface area contributed by atoms with Gasteiger partial charge in [-0.25, -0.2) is 13.1 Å². The summed E-state index contributed by atoms with van der Waals surface area (Å²) in [5, 5.41) is 0. The maximum absolute atomic E-state index is 11.3. The molecule has 6 nitrogen and oxygen atoms in total. The van der Waals surface area contributed by atoms with Gasteiger partial charge in [-0.2, -0.15) is 0 Å². The van der Waals surface area contributed by atoms with Crippen LogP contribution in [0.3, 0.4) is 0 Å². The monoisotopic (exact) mass is 251 g/mol. The molecule has 0 aliphatic rings. The molecule has 0 unspecified atom stereocenters. The molecule has 0 rings (SSSR count). The molecule has 0 heterocycles. The van der Waals surface area contributed by atoms with Crippen LogP contribution in [0.15, 0.2) is 0 Å². The van der Waals surface area contributed by atoms with Crippen LogP contribution in [0.1, 0.15) is 26.2 Å². The Labute approximate surface area is 95.4 Å².